The van der Waals surface area contributed by atoms with Crippen molar-refractivity contribution in [1.82, 2.24) is 9.55 Å². The quantitative estimate of drug-likeness (QED) is 0.481. The third kappa shape index (κ3) is 3.55. The summed E-state index contributed by atoms with van der Waals surface area (Å²) >= 11 is 5.96. The molecule has 0 fully saturated rings. The molecule has 138 valence electrons. The summed E-state index contributed by atoms with van der Waals surface area (Å²) in [4.78, 5) is 17.9. The van der Waals surface area contributed by atoms with Gasteiger partial charge < -0.3 is 4.74 Å². The Hall–Kier alpha value is -3.37. The van der Waals surface area contributed by atoms with Gasteiger partial charge in [0.2, 0.25) is 0 Å². The van der Waals surface area contributed by atoms with Gasteiger partial charge in [0.05, 0.1) is 23.7 Å². The molecule has 0 bridgehead atoms. The summed E-state index contributed by atoms with van der Waals surface area (Å²) in [6, 6.07) is 22.2. The van der Waals surface area contributed by atoms with E-state index in [0.717, 1.165) is 5.56 Å². The van der Waals surface area contributed by atoms with Gasteiger partial charge in [-0.3, -0.25) is 9.36 Å². The van der Waals surface area contributed by atoms with Crippen LogP contribution in [0.15, 0.2) is 77.6 Å². The van der Waals surface area contributed by atoms with Crippen LogP contribution in [-0.2, 0) is 0 Å². The van der Waals surface area contributed by atoms with Crippen molar-refractivity contribution in [3.63, 3.8) is 0 Å². The van der Waals surface area contributed by atoms with Crippen molar-refractivity contribution >= 4 is 34.7 Å². The number of methoxy groups -OCH3 is 1. The lowest BCUT2D eigenvalue weighted by molar-refractivity contribution is 0.414. The van der Waals surface area contributed by atoms with Gasteiger partial charge in [0.25, 0.3) is 5.56 Å². The van der Waals surface area contributed by atoms with Crippen LogP contribution < -0.4 is 10.3 Å². The van der Waals surface area contributed by atoms with Crippen LogP contribution in [0.1, 0.15) is 11.4 Å². The molecule has 0 radical (unpaired) electrons. The number of para-hydroxylation sites is 1. The minimum Gasteiger partial charge on any atom is -0.497 e. The molecule has 5 heteroatoms. The second-order valence-corrected chi connectivity index (χ2v) is 6.65. The van der Waals surface area contributed by atoms with Crippen LogP contribution in [-0.4, -0.2) is 16.7 Å². The first-order valence-corrected chi connectivity index (χ1v) is 9.13. The first-order valence-electron chi connectivity index (χ1n) is 8.75. The molecule has 1 aromatic heterocycles. The molecule has 4 rings (SSSR count). The molecule has 3 aromatic carbocycles. The van der Waals surface area contributed by atoms with Crippen LogP contribution in [0, 0.1) is 0 Å². The maximum absolute atomic E-state index is 13.2. The van der Waals surface area contributed by atoms with Gasteiger partial charge in [0, 0.05) is 11.1 Å². The molecular weight excluding hydrogens is 372 g/mol. The highest BCUT2D eigenvalue weighted by atomic mass is 35.5. The third-order valence-corrected chi connectivity index (χ3v) is 4.66. The van der Waals surface area contributed by atoms with Crippen molar-refractivity contribution in [2.45, 2.75) is 0 Å². The van der Waals surface area contributed by atoms with Gasteiger partial charge in [-0.15, -0.1) is 0 Å². The lowest BCUT2D eigenvalue weighted by Gasteiger charge is -2.12. The van der Waals surface area contributed by atoms with Gasteiger partial charge in [-0.1, -0.05) is 48.0 Å². The van der Waals surface area contributed by atoms with E-state index in [4.69, 9.17) is 21.3 Å². The number of halogens is 1. The average molecular weight is 389 g/mol. The van der Waals surface area contributed by atoms with Crippen molar-refractivity contribution in [3.05, 3.63) is 99.6 Å². The molecule has 0 aliphatic heterocycles. The van der Waals surface area contributed by atoms with Gasteiger partial charge in [-0.25, -0.2) is 4.98 Å². The Balaban J connectivity index is 1.92. The molecule has 0 aliphatic carbocycles. The van der Waals surface area contributed by atoms with E-state index in [1.807, 2.05) is 78.9 Å². The van der Waals surface area contributed by atoms with Gasteiger partial charge in [0.1, 0.15) is 11.6 Å². The van der Waals surface area contributed by atoms with Crippen molar-refractivity contribution in [2.24, 2.45) is 0 Å². The highest BCUT2D eigenvalue weighted by Crippen LogP contribution is 2.19. The van der Waals surface area contributed by atoms with E-state index in [1.54, 1.807) is 17.7 Å². The molecule has 0 atom stereocenters. The first kappa shape index (κ1) is 18.0. The Morgan fingerprint density at radius 2 is 1.75 bits per heavy atom. The fraction of sp³-hybridized carbons (Fsp3) is 0.0435. The lowest BCUT2D eigenvalue weighted by atomic mass is 10.2. The molecule has 4 nitrogen and oxygen atoms in total. The Morgan fingerprint density at radius 1 is 0.964 bits per heavy atom. The molecule has 0 aliphatic rings. The highest BCUT2D eigenvalue weighted by molar-refractivity contribution is 6.30. The number of benzene rings is 3. The zero-order valence-electron chi connectivity index (χ0n) is 15.2. The van der Waals surface area contributed by atoms with E-state index < -0.39 is 0 Å². The van der Waals surface area contributed by atoms with Gasteiger partial charge in [-0.2, -0.15) is 0 Å². The predicted molar refractivity (Wildman–Crippen MR) is 114 cm³/mol. The number of hydrogen-bond donors (Lipinski definition) is 0. The minimum atomic E-state index is -0.130. The summed E-state index contributed by atoms with van der Waals surface area (Å²) in [5, 5.41) is 1.24. The third-order valence-electron chi connectivity index (χ3n) is 4.41. The zero-order valence-corrected chi connectivity index (χ0v) is 15.9. The number of ether oxygens (including phenoxy) is 1. The molecule has 0 saturated heterocycles. The van der Waals surface area contributed by atoms with Gasteiger partial charge in [0.15, 0.2) is 0 Å². The first-order chi connectivity index (χ1) is 13.7. The monoisotopic (exact) mass is 388 g/mol. The van der Waals surface area contributed by atoms with Crippen molar-refractivity contribution < 1.29 is 4.74 Å². The number of fused-ring (bicyclic) bond motifs is 1. The molecule has 0 N–H and O–H groups in total. The fourth-order valence-corrected chi connectivity index (χ4v) is 3.13. The summed E-state index contributed by atoms with van der Waals surface area (Å²) in [7, 11) is 1.60. The number of aromatic nitrogens is 2. The van der Waals surface area contributed by atoms with Crippen LogP contribution in [0.4, 0.5) is 0 Å². The minimum absolute atomic E-state index is 0.130. The van der Waals surface area contributed by atoms with Crippen molar-refractivity contribution in [1.29, 1.82) is 0 Å². The average Bonchev–Trinajstić information content (AvgIpc) is 2.73. The maximum Gasteiger partial charge on any atom is 0.266 e. The molecule has 1 heterocycles. The van der Waals surface area contributed by atoms with Crippen LogP contribution in [0.3, 0.4) is 0 Å². The second-order valence-electron chi connectivity index (χ2n) is 6.21. The largest absolute Gasteiger partial charge is 0.497 e. The number of nitrogens with zero attached hydrogens (tertiary/aromatic N) is 2. The van der Waals surface area contributed by atoms with Crippen molar-refractivity contribution in [2.75, 3.05) is 7.11 Å². The Labute approximate surface area is 167 Å². The van der Waals surface area contributed by atoms with E-state index >= 15 is 0 Å². The summed E-state index contributed by atoms with van der Waals surface area (Å²) in [5.74, 6) is 1.21. The summed E-state index contributed by atoms with van der Waals surface area (Å²) in [6.07, 6.45) is 3.74. The smallest absolute Gasteiger partial charge is 0.266 e. The standard InChI is InChI=1S/C23H17ClN2O2/c1-28-19-6-4-5-18(15-19)26-22(14-11-16-9-12-17(24)13-10-16)25-21-8-3-2-7-20(21)23(26)27/h2-15H,1H3/b14-11-. The Bertz CT molecular complexity index is 1230. The Morgan fingerprint density at radius 3 is 2.54 bits per heavy atom. The van der Waals surface area contributed by atoms with Crippen molar-refractivity contribution in [3.8, 4) is 11.4 Å². The Kier molecular flexibility index (Phi) is 4.96. The second kappa shape index (κ2) is 7.71. The summed E-state index contributed by atoms with van der Waals surface area (Å²) < 4.78 is 6.91. The number of hydrogen-bond acceptors (Lipinski definition) is 3. The van der Waals surface area contributed by atoms with Gasteiger partial charge in [-0.05, 0) is 48.0 Å². The topological polar surface area (TPSA) is 44.1 Å². The van der Waals surface area contributed by atoms with E-state index in [9.17, 15) is 4.79 Å². The fourth-order valence-electron chi connectivity index (χ4n) is 3.01. The van der Waals surface area contributed by atoms with Crippen LogP contribution >= 0.6 is 11.6 Å². The molecule has 28 heavy (non-hydrogen) atoms. The molecule has 4 aromatic rings. The van der Waals surface area contributed by atoms with E-state index in [0.29, 0.717) is 33.2 Å². The molecule has 0 spiro atoms. The molecule has 0 amide bonds. The van der Waals surface area contributed by atoms with Gasteiger partial charge >= 0.3 is 0 Å². The zero-order chi connectivity index (χ0) is 19.5. The van der Waals surface area contributed by atoms with E-state index in [-0.39, 0.29) is 5.56 Å². The highest BCUT2D eigenvalue weighted by Gasteiger charge is 2.11. The van der Waals surface area contributed by atoms with Crippen LogP contribution in [0.5, 0.6) is 5.75 Å². The number of rotatable bonds is 4. The SMILES string of the molecule is COc1cccc(-n2c(/C=C\c3ccc(Cl)cc3)nc3ccccc3c2=O)c1. The predicted octanol–water partition coefficient (Wildman–Crippen LogP) is 5.22. The maximum atomic E-state index is 13.2. The summed E-state index contributed by atoms with van der Waals surface area (Å²) in [6.45, 7) is 0. The summed E-state index contributed by atoms with van der Waals surface area (Å²) in [5.41, 5.74) is 2.18. The van der Waals surface area contributed by atoms with E-state index in [2.05, 4.69) is 0 Å². The van der Waals surface area contributed by atoms with E-state index in [1.165, 1.54) is 0 Å². The molecule has 0 unspecified atom stereocenters. The normalized spacial score (nSPS) is 11.2. The lowest BCUT2D eigenvalue weighted by Crippen LogP contribution is -2.22. The molecular formula is C23H17ClN2O2. The molecule has 0 saturated carbocycles. The van der Waals surface area contributed by atoms with Crippen LogP contribution in [0.2, 0.25) is 5.02 Å². The van der Waals surface area contributed by atoms with Crippen LogP contribution in [0.25, 0.3) is 28.7 Å².